The second kappa shape index (κ2) is 4.44. The third-order valence-electron chi connectivity index (χ3n) is 1.77. The minimum Gasteiger partial charge on any atom is -0.462 e. The number of hydrogen-bond donors (Lipinski definition) is 0. The highest BCUT2D eigenvalue weighted by Crippen LogP contribution is 2.26. The summed E-state index contributed by atoms with van der Waals surface area (Å²) in [5.74, 6) is -0.128. The number of esters is 1. The first-order valence-corrected chi connectivity index (χ1v) is 5.41. The molecule has 0 aromatic carbocycles. The Hall–Kier alpha value is -1.69. The Morgan fingerprint density at radius 2 is 2.44 bits per heavy atom. The van der Waals surface area contributed by atoms with E-state index in [4.69, 9.17) is 9.15 Å². The number of aromatic nitrogens is 1. The van der Waals surface area contributed by atoms with Gasteiger partial charge >= 0.3 is 5.97 Å². The Bertz CT molecular complexity index is 506. The first-order chi connectivity index (χ1) is 7.70. The van der Waals surface area contributed by atoms with Crippen LogP contribution in [-0.2, 0) is 4.74 Å². The molecule has 0 saturated carbocycles. The van der Waals surface area contributed by atoms with Crippen LogP contribution in [0.5, 0.6) is 0 Å². The minimum absolute atomic E-state index is 0.304. The van der Waals surface area contributed by atoms with E-state index in [0.29, 0.717) is 22.3 Å². The molecule has 0 bridgehead atoms. The smallest absolute Gasteiger partial charge is 0.349 e. The average Bonchev–Trinajstić information content (AvgIpc) is 2.85. The van der Waals surface area contributed by atoms with E-state index in [1.54, 1.807) is 6.92 Å². The van der Waals surface area contributed by atoms with Crippen LogP contribution in [0.2, 0.25) is 0 Å². The van der Waals surface area contributed by atoms with Gasteiger partial charge in [-0.2, -0.15) is 4.39 Å². The molecule has 0 aliphatic rings. The number of nitrogens with zero attached hydrogens (tertiary/aromatic N) is 1. The molecule has 0 saturated heterocycles. The molecule has 0 amide bonds. The lowest BCUT2D eigenvalue weighted by atomic mass is 10.5. The highest BCUT2D eigenvalue weighted by Gasteiger charge is 2.14. The molecule has 0 spiro atoms. The average molecular weight is 241 g/mol. The van der Waals surface area contributed by atoms with Gasteiger partial charge in [-0.1, -0.05) is 0 Å². The Kier molecular flexibility index (Phi) is 3.00. The highest BCUT2D eigenvalue weighted by atomic mass is 32.1. The second-order valence-corrected chi connectivity index (χ2v) is 3.88. The predicted octanol–water partition coefficient (Wildman–Crippen LogP) is 2.72. The van der Waals surface area contributed by atoms with Crippen molar-refractivity contribution in [3.63, 3.8) is 0 Å². The molecule has 0 fully saturated rings. The van der Waals surface area contributed by atoms with Crippen molar-refractivity contribution >= 4 is 17.3 Å². The van der Waals surface area contributed by atoms with Crippen LogP contribution in [0.4, 0.5) is 4.39 Å². The normalized spacial score (nSPS) is 10.4. The van der Waals surface area contributed by atoms with Gasteiger partial charge in [-0.3, -0.25) is 0 Å². The van der Waals surface area contributed by atoms with Crippen LogP contribution in [0.1, 0.15) is 16.6 Å². The fraction of sp³-hybridized carbons (Fsp3) is 0.200. The van der Waals surface area contributed by atoms with Gasteiger partial charge in [0.2, 0.25) is 0 Å². The topological polar surface area (TPSA) is 52.3 Å². The molecule has 2 rings (SSSR count). The maximum Gasteiger partial charge on any atom is 0.349 e. The molecule has 2 heterocycles. The van der Waals surface area contributed by atoms with Crippen molar-refractivity contribution in [3.8, 4) is 10.8 Å². The van der Waals surface area contributed by atoms with Gasteiger partial charge in [0.25, 0.3) is 6.01 Å². The van der Waals surface area contributed by atoms with Gasteiger partial charge < -0.3 is 9.15 Å². The molecule has 6 heteroatoms. The molecular weight excluding hydrogens is 233 g/mol. The number of furan rings is 1. The Morgan fingerprint density at radius 3 is 3.06 bits per heavy atom. The zero-order valence-corrected chi connectivity index (χ0v) is 9.21. The molecule has 2 aromatic heterocycles. The maximum absolute atomic E-state index is 12.6. The van der Waals surface area contributed by atoms with Crippen molar-refractivity contribution in [1.29, 1.82) is 0 Å². The monoisotopic (exact) mass is 241 g/mol. The minimum atomic E-state index is -0.678. The molecule has 2 aromatic rings. The van der Waals surface area contributed by atoms with Gasteiger partial charge in [0.15, 0.2) is 10.8 Å². The number of carbonyl (C=O) groups is 1. The molecule has 0 N–H and O–H groups in total. The van der Waals surface area contributed by atoms with E-state index in [1.807, 2.05) is 0 Å². The summed E-state index contributed by atoms with van der Waals surface area (Å²) in [7, 11) is 0. The lowest BCUT2D eigenvalue weighted by Gasteiger charge is -1.95. The van der Waals surface area contributed by atoms with E-state index >= 15 is 0 Å². The van der Waals surface area contributed by atoms with Crippen molar-refractivity contribution in [1.82, 2.24) is 4.98 Å². The van der Waals surface area contributed by atoms with Gasteiger partial charge in [-0.15, -0.1) is 11.3 Å². The zero-order valence-electron chi connectivity index (χ0n) is 8.40. The van der Waals surface area contributed by atoms with Crippen LogP contribution >= 0.6 is 11.3 Å². The summed E-state index contributed by atoms with van der Waals surface area (Å²) < 4.78 is 22.2. The number of ether oxygens (including phenoxy) is 1. The van der Waals surface area contributed by atoms with Crippen LogP contribution in [0.15, 0.2) is 22.7 Å². The largest absolute Gasteiger partial charge is 0.462 e. The molecule has 0 atom stereocenters. The van der Waals surface area contributed by atoms with Crippen molar-refractivity contribution in [3.05, 3.63) is 29.2 Å². The fourth-order valence-electron chi connectivity index (χ4n) is 1.11. The molecule has 0 radical (unpaired) electrons. The van der Waals surface area contributed by atoms with E-state index in [9.17, 15) is 9.18 Å². The number of halogens is 1. The van der Waals surface area contributed by atoms with Crippen molar-refractivity contribution in [2.45, 2.75) is 6.92 Å². The highest BCUT2D eigenvalue weighted by molar-refractivity contribution is 7.16. The SMILES string of the molecule is CCOC(=O)c1cnc(-c2ccc(F)o2)s1. The Morgan fingerprint density at radius 1 is 1.62 bits per heavy atom. The summed E-state index contributed by atoms with van der Waals surface area (Å²) >= 11 is 1.10. The Labute approximate surface area is 94.7 Å². The number of carbonyl (C=O) groups excluding carboxylic acids is 1. The molecule has 16 heavy (non-hydrogen) atoms. The Balaban J connectivity index is 2.22. The molecule has 0 aliphatic heterocycles. The van der Waals surface area contributed by atoms with Crippen molar-refractivity contribution < 1.29 is 18.3 Å². The lowest BCUT2D eigenvalue weighted by molar-refractivity contribution is 0.0532. The van der Waals surface area contributed by atoms with Gasteiger partial charge in [0, 0.05) is 6.07 Å². The summed E-state index contributed by atoms with van der Waals surface area (Å²) in [6.07, 6.45) is 1.39. The van der Waals surface area contributed by atoms with E-state index in [1.165, 1.54) is 18.3 Å². The summed E-state index contributed by atoms with van der Waals surface area (Å²) in [4.78, 5) is 15.7. The lowest BCUT2D eigenvalue weighted by Crippen LogP contribution is -2.01. The van der Waals surface area contributed by atoms with E-state index < -0.39 is 12.0 Å². The molecule has 4 nitrogen and oxygen atoms in total. The van der Waals surface area contributed by atoms with Gasteiger partial charge in [0.05, 0.1) is 12.8 Å². The van der Waals surface area contributed by atoms with Crippen LogP contribution in [0.3, 0.4) is 0 Å². The first kappa shape index (κ1) is 10.8. The molecule has 84 valence electrons. The third kappa shape index (κ3) is 2.11. The van der Waals surface area contributed by atoms with Gasteiger partial charge in [-0.05, 0) is 13.0 Å². The number of hydrogen-bond acceptors (Lipinski definition) is 5. The van der Waals surface area contributed by atoms with E-state index in [2.05, 4.69) is 4.98 Å². The number of thiazole rings is 1. The first-order valence-electron chi connectivity index (χ1n) is 4.59. The quantitative estimate of drug-likeness (QED) is 0.775. The van der Waals surface area contributed by atoms with Crippen LogP contribution in [-0.4, -0.2) is 17.6 Å². The standard InChI is InChI=1S/C10H8FNO3S/c1-2-14-10(13)7-5-12-9(16-7)6-3-4-8(11)15-6/h3-5H,2H2,1H3. The second-order valence-electron chi connectivity index (χ2n) is 2.85. The third-order valence-corrected chi connectivity index (χ3v) is 2.76. The zero-order chi connectivity index (χ0) is 11.5. The van der Waals surface area contributed by atoms with Crippen LogP contribution < -0.4 is 0 Å². The van der Waals surface area contributed by atoms with Crippen molar-refractivity contribution in [2.75, 3.05) is 6.61 Å². The summed E-state index contributed by atoms with van der Waals surface area (Å²) in [5.41, 5.74) is 0. The van der Waals surface area contributed by atoms with E-state index in [-0.39, 0.29) is 0 Å². The van der Waals surface area contributed by atoms with Crippen LogP contribution in [0, 0.1) is 6.01 Å². The predicted molar refractivity (Wildman–Crippen MR) is 55.7 cm³/mol. The summed E-state index contributed by atoms with van der Waals surface area (Å²) in [6.45, 7) is 2.03. The summed E-state index contributed by atoms with van der Waals surface area (Å²) in [5, 5.41) is 0.451. The molecular formula is C10H8FNO3S. The van der Waals surface area contributed by atoms with E-state index in [0.717, 1.165) is 11.3 Å². The van der Waals surface area contributed by atoms with Gasteiger partial charge in [-0.25, -0.2) is 9.78 Å². The molecule has 0 aliphatic carbocycles. The van der Waals surface area contributed by atoms with Crippen LogP contribution in [0.25, 0.3) is 10.8 Å². The fourth-order valence-corrected chi connectivity index (χ4v) is 1.89. The summed E-state index contributed by atoms with van der Waals surface area (Å²) in [6, 6.07) is 1.98. The maximum atomic E-state index is 12.6. The van der Waals surface area contributed by atoms with Crippen molar-refractivity contribution in [2.24, 2.45) is 0 Å². The molecule has 0 unspecified atom stereocenters. The van der Waals surface area contributed by atoms with Gasteiger partial charge in [0.1, 0.15) is 4.88 Å². The number of rotatable bonds is 3.